The number of hydrogen-bond donors (Lipinski definition) is 1. The number of amides is 1. The summed E-state index contributed by atoms with van der Waals surface area (Å²) in [6, 6.07) is 11.5. The van der Waals surface area contributed by atoms with Crippen molar-refractivity contribution in [3.63, 3.8) is 0 Å². The van der Waals surface area contributed by atoms with E-state index in [1.165, 1.54) is 23.1 Å². The van der Waals surface area contributed by atoms with Gasteiger partial charge in [-0.1, -0.05) is 43.9 Å². The Morgan fingerprint density at radius 1 is 1.30 bits per heavy atom. The lowest BCUT2D eigenvalue weighted by Gasteiger charge is -2.15. The van der Waals surface area contributed by atoms with Crippen LogP contribution in [0.5, 0.6) is 5.75 Å². The number of nitrogens with one attached hydrogen (secondary N) is 1. The van der Waals surface area contributed by atoms with Crippen LogP contribution in [0.2, 0.25) is 0 Å². The zero-order chi connectivity index (χ0) is 21.7. The summed E-state index contributed by atoms with van der Waals surface area (Å²) in [6.07, 6.45) is 1.44. The van der Waals surface area contributed by atoms with Crippen LogP contribution in [0.1, 0.15) is 38.4 Å². The van der Waals surface area contributed by atoms with Crippen LogP contribution >= 0.6 is 23.1 Å². The summed E-state index contributed by atoms with van der Waals surface area (Å²) in [5.41, 5.74) is 2.24. The Bertz CT molecular complexity index is 1090. The van der Waals surface area contributed by atoms with Crippen molar-refractivity contribution in [2.24, 2.45) is 5.92 Å². The van der Waals surface area contributed by atoms with E-state index in [1.807, 2.05) is 31.2 Å². The molecule has 2 aromatic heterocycles. The van der Waals surface area contributed by atoms with Gasteiger partial charge in [0, 0.05) is 5.69 Å². The average molecular weight is 441 g/mol. The first-order valence-electron chi connectivity index (χ1n) is 9.75. The minimum absolute atomic E-state index is 0.145. The van der Waals surface area contributed by atoms with Gasteiger partial charge < -0.3 is 10.1 Å². The summed E-state index contributed by atoms with van der Waals surface area (Å²) >= 11 is 2.74. The molecule has 0 spiro atoms. The van der Waals surface area contributed by atoms with E-state index in [1.54, 1.807) is 13.2 Å². The number of rotatable bonds is 8. The highest BCUT2D eigenvalue weighted by Crippen LogP contribution is 2.31. The number of hydrogen-bond acceptors (Lipinski definition) is 7. The van der Waals surface area contributed by atoms with Gasteiger partial charge in [0.2, 0.25) is 5.91 Å². The lowest BCUT2D eigenvalue weighted by atomic mass is 10.1. The van der Waals surface area contributed by atoms with E-state index in [2.05, 4.69) is 35.2 Å². The molecular formula is C22H24N4O2S2. The predicted molar refractivity (Wildman–Crippen MR) is 122 cm³/mol. The molecule has 0 saturated carbocycles. The second-order valence-electron chi connectivity index (χ2n) is 7.22. The van der Waals surface area contributed by atoms with Crippen molar-refractivity contribution >= 4 is 44.4 Å². The Hall–Kier alpha value is -2.63. The van der Waals surface area contributed by atoms with Gasteiger partial charge in [0.15, 0.2) is 5.13 Å². The fourth-order valence-corrected chi connectivity index (χ4v) is 4.82. The molecule has 0 aliphatic rings. The number of carbonyl (C=O) groups excluding carboxylic acids is 1. The zero-order valence-corrected chi connectivity index (χ0v) is 19.1. The number of nitriles is 1. The summed E-state index contributed by atoms with van der Waals surface area (Å²) < 4.78 is 6.19. The lowest BCUT2D eigenvalue weighted by molar-refractivity contribution is -0.115. The highest BCUT2D eigenvalue weighted by Gasteiger charge is 2.22. The average Bonchev–Trinajstić information content (AvgIpc) is 3.12. The number of nitrogens with zero attached hydrogens (tertiary/aromatic N) is 3. The molecular weight excluding hydrogens is 416 g/mol. The van der Waals surface area contributed by atoms with E-state index < -0.39 is 0 Å². The zero-order valence-electron chi connectivity index (χ0n) is 17.4. The van der Waals surface area contributed by atoms with Crippen molar-refractivity contribution in [2.45, 2.75) is 43.9 Å². The molecule has 3 aromatic rings. The number of aromatic nitrogens is 2. The molecule has 8 heteroatoms. The van der Waals surface area contributed by atoms with Gasteiger partial charge in [0.05, 0.1) is 28.1 Å². The number of benzene rings is 1. The van der Waals surface area contributed by atoms with Crippen LogP contribution in [0.4, 0.5) is 5.13 Å². The Labute approximate surface area is 184 Å². The summed E-state index contributed by atoms with van der Waals surface area (Å²) in [5, 5.41) is 13.1. The highest BCUT2D eigenvalue weighted by atomic mass is 32.2. The molecule has 6 nitrogen and oxygen atoms in total. The molecule has 0 radical (unpaired) electrons. The van der Waals surface area contributed by atoms with Crippen LogP contribution in [0.15, 0.2) is 35.4 Å². The molecule has 0 bridgehead atoms. The maximum Gasteiger partial charge on any atom is 0.239 e. The number of thioether (sulfide) groups is 1. The predicted octanol–water partition coefficient (Wildman–Crippen LogP) is 5.28. The molecule has 156 valence electrons. The highest BCUT2D eigenvalue weighted by molar-refractivity contribution is 8.00. The van der Waals surface area contributed by atoms with Gasteiger partial charge in [0.1, 0.15) is 16.8 Å². The molecule has 0 fully saturated rings. The molecule has 1 atom stereocenters. The number of pyridine rings is 1. The van der Waals surface area contributed by atoms with Crippen molar-refractivity contribution in [2.75, 3.05) is 12.4 Å². The summed E-state index contributed by atoms with van der Waals surface area (Å²) in [7, 11) is 1.62. The number of anilines is 1. The lowest BCUT2D eigenvalue weighted by Crippen LogP contribution is -2.24. The second kappa shape index (κ2) is 9.92. The van der Waals surface area contributed by atoms with Crippen molar-refractivity contribution in [3.05, 3.63) is 41.6 Å². The van der Waals surface area contributed by atoms with E-state index in [0.29, 0.717) is 28.1 Å². The van der Waals surface area contributed by atoms with Gasteiger partial charge in [-0.2, -0.15) is 5.26 Å². The van der Waals surface area contributed by atoms with Crippen LogP contribution in [0.25, 0.3) is 10.2 Å². The third kappa shape index (κ3) is 5.29. The van der Waals surface area contributed by atoms with Gasteiger partial charge in [-0.3, -0.25) is 4.79 Å². The molecule has 0 aliphatic heterocycles. The molecule has 1 amide bonds. The molecule has 1 unspecified atom stereocenters. The Kier molecular flexibility index (Phi) is 7.29. The maximum absolute atomic E-state index is 12.9. The Balaban J connectivity index is 1.77. The van der Waals surface area contributed by atoms with Crippen molar-refractivity contribution in [3.8, 4) is 11.8 Å². The first-order valence-corrected chi connectivity index (χ1v) is 11.4. The monoisotopic (exact) mass is 440 g/mol. The van der Waals surface area contributed by atoms with Crippen LogP contribution in [-0.4, -0.2) is 28.2 Å². The van der Waals surface area contributed by atoms with Crippen LogP contribution in [-0.2, 0) is 11.2 Å². The van der Waals surface area contributed by atoms with Gasteiger partial charge in [-0.05, 0) is 49.1 Å². The fraction of sp³-hybridized carbons (Fsp3) is 0.364. The molecule has 1 N–H and O–H groups in total. The first kappa shape index (κ1) is 22.1. The largest absolute Gasteiger partial charge is 0.497 e. The van der Waals surface area contributed by atoms with E-state index in [-0.39, 0.29) is 11.2 Å². The summed E-state index contributed by atoms with van der Waals surface area (Å²) in [6.45, 7) is 6.20. The molecule has 3 rings (SSSR count). The molecule has 2 heterocycles. The third-order valence-electron chi connectivity index (χ3n) is 4.40. The Morgan fingerprint density at radius 2 is 2.10 bits per heavy atom. The number of ether oxygens (including phenoxy) is 1. The van der Waals surface area contributed by atoms with Gasteiger partial charge in [-0.15, -0.1) is 0 Å². The standard InChI is InChI=1S/C22H24N4O2S2/c1-5-18(29-21-14(12-23)6-7-15(24-21)10-13(2)3)20(27)26-22-25-17-9-8-16(28-4)11-19(17)30-22/h6-9,11,13,18H,5,10H2,1-4H3,(H,25,26,27). The van der Waals surface area contributed by atoms with E-state index in [4.69, 9.17) is 4.74 Å². The van der Waals surface area contributed by atoms with Crippen molar-refractivity contribution in [1.82, 2.24) is 9.97 Å². The first-order chi connectivity index (χ1) is 14.4. The molecule has 0 saturated heterocycles. The fourth-order valence-electron chi connectivity index (χ4n) is 2.91. The smallest absolute Gasteiger partial charge is 0.239 e. The van der Waals surface area contributed by atoms with Gasteiger partial charge in [0.25, 0.3) is 0 Å². The van der Waals surface area contributed by atoms with E-state index in [0.717, 1.165) is 28.1 Å². The number of carbonyl (C=O) groups is 1. The molecule has 30 heavy (non-hydrogen) atoms. The number of fused-ring (bicyclic) bond motifs is 1. The number of thiazole rings is 1. The molecule has 1 aromatic carbocycles. The Morgan fingerprint density at radius 3 is 2.77 bits per heavy atom. The van der Waals surface area contributed by atoms with Crippen LogP contribution < -0.4 is 10.1 Å². The van der Waals surface area contributed by atoms with Gasteiger partial charge in [-0.25, -0.2) is 9.97 Å². The van der Waals surface area contributed by atoms with Crippen LogP contribution in [0.3, 0.4) is 0 Å². The van der Waals surface area contributed by atoms with Gasteiger partial charge >= 0.3 is 0 Å². The quantitative estimate of drug-likeness (QED) is 0.480. The molecule has 0 aliphatic carbocycles. The van der Waals surface area contributed by atoms with E-state index in [9.17, 15) is 10.1 Å². The van der Waals surface area contributed by atoms with E-state index >= 15 is 0 Å². The van der Waals surface area contributed by atoms with Crippen LogP contribution in [0, 0.1) is 17.2 Å². The minimum Gasteiger partial charge on any atom is -0.497 e. The SMILES string of the molecule is CCC(Sc1nc(CC(C)C)ccc1C#N)C(=O)Nc1nc2ccc(OC)cc2s1. The normalized spacial score (nSPS) is 12.0. The van der Waals surface area contributed by atoms with Crippen molar-refractivity contribution < 1.29 is 9.53 Å². The topological polar surface area (TPSA) is 87.9 Å². The maximum atomic E-state index is 12.9. The minimum atomic E-state index is -0.375. The summed E-state index contributed by atoms with van der Waals surface area (Å²) in [5.74, 6) is 1.07. The third-order valence-corrected chi connectivity index (χ3v) is 6.70. The second-order valence-corrected chi connectivity index (χ2v) is 9.44. The van der Waals surface area contributed by atoms with Crippen molar-refractivity contribution in [1.29, 1.82) is 5.26 Å². The summed E-state index contributed by atoms with van der Waals surface area (Å²) in [4.78, 5) is 22.0. The number of methoxy groups -OCH3 is 1.